The first-order chi connectivity index (χ1) is 49.9. The van der Waals surface area contributed by atoms with Crippen molar-refractivity contribution >= 4 is 17.9 Å². The number of methoxy groups -OCH3 is 1. The molecule has 4 heterocycles. The van der Waals surface area contributed by atoms with Crippen LogP contribution in [0.5, 0.6) is 0 Å². The summed E-state index contributed by atoms with van der Waals surface area (Å²) < 4.78 is 113. The zero-order chi connectivity index (χ0) is 74.6. The number of carbonyl (C=O) groups is 3. The van der Waals surface area contributed by atoms with E-state index in [2.05, 4.69) is 50.1 Å². The van der Waals surface area contributed by atoms with Gasteiger partial charge in [0.2, 0.25) is 0 Å². The van der Waals surface area contributed by atoms with Gasteiger partial charge in [0.25, 0.3) is 0 Å². The summed E-state index contributed by atoms with van der Waals surface area (Å²) in [6.07, 6.45) is -18.4. The largest absolute Gasteiger partial charge is 0.469 e. The zero-order valence-electron chi connectivity index (χ0n) is 60.7. The van der Waals surface area contributed by atoms with E-state index in [1.54, 1.807) is 77.9 Å². The van der Waals surface area contributed by atoms with Gasteiger partial charge in [-0.3, -0.25) is 4.79 Å². The highest BCUT2D eigenvalue weighted by Crippen LogP contribution is 2.40. The van der Waals surface area contributed by atoms with E-state index in [-0.39, 0.29) is 63.2 Å². The Balaban J connectivity index is 1.52. The van der Waals surface area contributed by atoms with Crippen LogP contribution in [0.3, 0.4) is 0 Å². The molecule has 2 aromatic carbocycles. The molecule has 0 radical (unpaired) electrons. The zero-order valence-corrected chi connectivity index (χ0v) is 60.7. The van der Waals surface area contributed by atoms with Crippen LogP contribution in [0, 0.1) is 0 Å². The highest BCUT2D eigenvalue weighted by Gasteiger charge is 2.57. The van der Waals surface area contributed by atoms with Gasteiger partial charge in [-0.25, -0.2) is 9.59 Å². The SMILES string of the molecule is CCCCOC[C@@H](O[C@H]1OC(C)[C@@H](N=[N+]=[N-])C(O[C@H]2OC(C)[C@@H](N=[N+]=[N-])C(OCCCC)[C@H]2O[C@H]2OC(C)[C@@H](N=[N+]=[N-])C(OC(=O)c3ccccc3)[C@H]2OC(=O)c2ccccc2)[C@H]1OCCCC)[C@H](OC(C)[C@H](C)N=[N+]=[N-])O[C@@H]1C(OCCCC)[C@H](N=[N+]=[N-])C(C)O[C@@H]1OCCCCCC(=O)OC. The maximum atomic E-state index is 14.4. The van der Waals surface area contributed by atoms with E-state index in [1.807, 2.05) is 27.7 Å². The van der Waals surface area contributed by atoms with Gasteiger partial charge in [0.05, 0.1) is 91.7 Å². The first kappa shape index (κ1) is 84.8. The molecule has 0 saturated carbocycles. The van der Waals surface area contributed by atoms with Crippen molar-refractivity contribution in [2.45, 2.75) is 293 Å². The molecular weight excluding hydrogens is 1350 g/mol. The fourth-order valence-corrected chi connectivity index (χ4v) is 12.0. The Labute approximate surface area is 600 Å². The number of hydrogen-bond acceptors (Lipinski definition) is 25. The summed E-state index contributed by atoms with van der Waals surface area (Å²) in [6, 6.07) is 10.4. The maximum absolute atomic E-state index is 14.4. The number of azide groups is 5. The monoisotopic (exact) mass is 1450 g/mol. The number of rotatable bonds is 45. The molecule has 9 unspecified atom stereocenters. The summed E-state index contributed by atoms with van der Waals surface area (Å²) in [7, 11) is 1.33. The summed E-state index contributed by atoms with van der Waals surface area (Å²) >= 11 is 0. The predicted molar refractivity (Wildman–Crippen MR) is 369 cm³/mol. The first-order valence-corrected chi connectivity index (χ1v) is 35.7. The maximum Gasteiger partial charge on any atom is 0.338 e. The van der Waals surface area contributed by atoms with Crippen molar-refractivity contribution in [3.8, 4) is 0 Å². The van der Waals surface area contributed by atoms with Gasteiger partial charge < -0.3 is 80.5 Å². The average Bonchev–Trinajstić information content (AvgIpc) is 0.769. The normalized spacial score (nSPS) is 30.2. The molecule has 0 amide bonds. The van der Waals surface area contributed by atoms with Gasteiger partial charge in [0.15, 0.2) is 43.7 Å². The number of carbonyl (C=O) groups excluding carboxylic acids is 3. The molecule has 24 atom stereocenters. The Hall–Kier alpha value is -7.16. The van der Waals surface area contributed by atoms with E-state index in [4.69, 9.17) is 80.5 Å². The third-order valence-electron chi connectivity index (χ3n) is 17.9. The number of benzene rings is 2. The fraction of sp³-hybridized carbons (Fsp3) is 0.779. The molecule has 2 aromatic rings. The molecule has 0 bridgehead atoms. The topological polar surface area (TPSA) is 452 Å². The Morgan fingerprint density at radius 3 is 1.41 bits per heavy atom. The Bertz CT molecular complexity index is 3110. The second kappa shape index (κ2) is 45.9. The number of esters is 3. The molecule has 4 saturated heterocycles. The molecular formula is C68H103N15O20. The lowest BCUT2D eigenvalue weighted by Crippen LogP contribution is -2.66. The first-order valence-electron chi connectivity index (χ1n) is 35.7. The molecule has 4 aliphatic rings. The summed E-state index contributed by atoms with van der Waals surface area (Å²) in [5.74, 6) is -2.12. The summed E-state index contributed by atoms with van der Waals surface area (Å²) in [6.45, 7) is 18.2. The van der Waals surface area contributed by atoms with Gasteiger partial charge in [0, 0.05) is 64.0 Å². The summed E-state index contributed by atoms with van der Waals surface area (Å²) in [5.41, 5.74) is 50.7. The molecule has 4 aliphatic heterocycles. The highest BCUT2D eigenvalue weighted by molar-refractivity contribution is 5.90. The van der Waals surface area contributed by atoms with Crippen LogP contribution in [0.2, 0.25) is 0 Å². The minimum Gasteiger partial charge on any atom is -0.469 e. The Morgan fingerprint density at radius 2 is 0.903 bits per heavy atom. The number of nitrogens with zero attached hydrogens (tertiary/aromatic N) is 15. The Kier molecular flexibility index (Phi) is 37.8. The van der Waals surface area contributed by atoms with Crippen molar-refractivity contribution in [2.75, 3.05) is 46.8 Å². The van der Waals surface area contributed by atoms with Gasteiger partial charge >= 0.3 is 17.9 Å². The molecule has 0 spiro atoms. The van der Waals surface area contributed by atoms with Crippen molar-refractivity contribution in [2.24, 2.45) is 25.6 Å². The standard InChI is InChI=1S/C68H103N15O20/c1-12-16-34-88-39-48(64(93-41(6)40(5)74-79-69)102-59-54(89-35-17-13-2)50(75-80-70)42(7)94-65(59)92-38-28-22-27-33-49(84)87-11)98-66-58(91-37-19-15-4)56(52(77-82-72)44(9)95-66)101-67-60(55(90-36-18-14-3)51(76-81-71)43(8)96-67)103-68-61(100-63(86)47-31-25-21-26-32-47)57(53(78-83-73)45(10)97-68)99-62(85)46-29-23-20-24-30-46/h20-21,23-26,29-32,40-45,48,50-61,64-68H,12-19,22,27-28,33-39H2,1-11H3/t40-,41?,42?,43?,44?,45?,48+,50+,51+,52+,53+,54?,55?,56?,57?,58+,59+,60+,61+,64+,65-,66+,67+,68+/m0/s1. The third kappa shape index (κ3) is 25.3. The molecule has 0 aromatic heterocycles. The van der Waals surface area contributed by atoms with E-state index in [0.29, 0.717) is 57.8 Å². The fourth-order valence-electron chi connectivity index (χ4n) is 12.0. The van der Waals surface area contributed by atoms with Crippen molar-refractivity contribution in [3.63, 3.8) is 0 Å². The molecule has 4 fully saturated rings. The third-order valence-corrected chi connectivity index (χ3v) is 17.9. The van der Waals surface area contributed by atoms with Crippen LogP contribution in [0.15, 0.2) is 86.2 Å². The van der Waals surface area contributed by atoms with Crippen LogP contribution in [-0.4, -0.2) is 212 Å². The smallest absolute Gasteiger partial charge is 0.338 e. The van der Waals surface area contributed by atoms with Crippen LogP contribution in [-0.2, 0) is 85.3 Å². The minimum absolute atomic E-state index is 0.0502. The lowest BCUT2D eigenvalue weighted by Gasteiger charge is -2.50. The Morgan fingerprint density at radius 1 is 0.466 bits per heavy atom. The molecule has 103 heavy (non-hydrogen) atoms. The van der Waals surface area contributed by atoms with E-state index in [9.17, 15) is 42.0 Å². The minimum atomic E-state index is -1.76. The molecule has 0 aliphatic carbocycles. The summed E-state index contributed by atoms with van der Waals surface area (Å²) in [5, 5.41) is 20.6. The van der Waals surface area contributed by atoms with Crippen molar-refractivity contribution in [1.29, 1.82) is 0 Å². The van der Waals surface area contributed by atoms with Crippen LogP contribution in [0.4, 0.5) is 0 Å². The van der Waals surface area contributed by atoms with E-state index in [0.717, 1.165) is 12.8 Å². The van der Waals surface area contributed by atoms with Gasteiger partial charge in [-0.1, -0.05) is 129 Å². The van der Waals surface area contributed by atoms with Crippen molar-refractivity contribution in [3.05, 3.63) is 124 Å². The van der Waals surface area contributed by atoms with Gasteiger partial charge in [-0.15, -0.1) is 0 Å². The molecule has 570 valence electrons. The number of hydrogen-bond donors (Lipinski definition) is 0. The number of ether oxygens (including phenoxy) is 17. The second-order valence-electron chi connectivity index (χ2n) is 25.5. The van der Waals surface area contributed by atoms with E-state index < -0.39 is 159 Å². The molecule has 0 N–H and O–H groups in total. The van der Waals surface area contributed by atoms with Crippen LogP contribution in [0.1, 0.15) is 167 Å². The van der Waals surface area contributed by atoms with Crippen molar-refractivity contribution < 1.29 is 94.9 Å². The van der Waals surface area contributed by atoms with Crippen LogP contribution < -0.4 is 0 Å². The second-order valence-corrected chi connectivity index (χ2v) is 25.5. The van der Waals surface area contributed by atoms with Crippen LogP contribution in [0.25, 0.3) is 52.2 Å². The van der Waals surface area contributed by atoms with E-state index >= 15 is 0 Å². The van der Waals surface area contributed by atoms with Gasteiger partial charge in [0.1, 0.15) is 36.6 Å². The highest BCUT2D eigenvalue weighted by atomic mass is 16.8. The number of unbranched alkanes of at least 4 members (excludes halogenated alkanes) is 6. The predicted octanol–water partition coefficient (Wildman–Crippen LogP) is 13.2. The average molecular weight is 1450 g/mol. The quantitative estimate of drug-likeness (QED) is 0.0113. The lowest BCUT2D eigenvalue weighted by atomic mass is 9.94. The van der Waals surface area contributed by atoms with Crippen molar-refractivity contribution in [1.82, 2.24) is 0 Å². The van der Waals surface area contributed by atoms with Crippen LogP contribution >= 0.6 is 0 Å². The molecule has 6 rings (SSSR count). The molecule has 35 heteroatoms. The van der Waals surface area contributed by atoms with Gasteiger partial charge in [-0.05, 0) is 125 Å². The van der Waals surface area contributed by atoms with E-state index in [1.165, 1.54) is 31.4 Å². The lowest BCUT2D eigenvalue weighted by molar-refractivity contribution is -0.379. The molecule has 35 nitrogen and oxygen atoms in total. The summed E-state index contributed by atoms with van der Waals surface area (Å²) in [4.78, 5) is 56.4. The van der Waals surface area contributed by atoms with Gasteiger partial charge in [-0.2, -0.15) is 0 Å².